The Hall–Kier alpha value is -5.60. The van der Waals surface area contributed by atoms with Crippen LogP contribution < -0.4 is 30.9 Å². The number of aryl methyl sites for hydroxylation is 2. The molecule has 14 heteroatoms. The van der Waals surface area contributed by atoms with Crippen LogP contribution in [0.15, 0.2) is 59.4 Å². The highest BCUT2D eigenvalue weighted by Gasteiger charge is 2.27. The van der Waals surface area contributed by atoms with Crippen molar-refractivity contribution in [1.29, 1.82) is 0 Å². The zero-order valence-electron chi connectivity index (χ0n) is 32.7. The van der Waals surface area contributed by atoms with Crippen molar-refractivity contribution < 1.29 is 19.1 Å². The highest BCUT2D eigenvalue weighted by atomic mass is 16.5. The Morgan fingerprint density at radius 1 is 0.911 bits per heavy atom. The molecule has 4 amide bonds. The average Bonchev–Trinajstić information content (AvgIpc) is 3.19. The van der Waals surface area contributed by atoms with Gasteiger partial charge >= 0.3 is 6.03 Å². The fourth-order valence-electron chi connectivity index (χ4n) is 8.01. The number of pyridine rings is 1. The van der Waals surface area contributed by atoms with Crippen LogP contribution in [0.25, 0.3) is 11.1 Å². The SMILES string of the molecule is CCN(c1cc(-c2ccc(N3CCN(Cc4ccc(N5CCC(=O)NC5=O)nn4)CC3)cc2)cc(C(=O)NCc2c(C)cc(C)[nH]c2=O)c1C)C1CCOCC1. The zero-order valence-corrected chi connectivity index (χ0v) is 32.7. The lowest BCUT2D eigenvalue weighted by molar-refractivity contribution is -0.120. The maximum Gasteiger partial charge on any atom is 0.329 e. The van der Waals surface area contributed by atoms with E-state index >= 15 is 0 Å². The Labute approximate surface area is 327 Å². The van der Waals surface area contributed by atoms with Crippen LogP contribution >= 0.6 is 0 Å². The predicted molar refractivity (Wildman–Crippen MR) is 216 cm³/mol. The summed E-state index contributed by atoms with van der Waals surface area (Å²) in [7, 11) is 0. The Bertz CT molecular complexity index is 2120. The van der Waals surface area contributed by atoms with E-state index in [1.54, 1.807) is 6.07 Å². The standard InChI is InChI=1S/C42H51N9O5/c1-5-50(34-13-20-56-21-14-34)37-24-31(23-35(29(37)4)40(53)43-25-36-27(2)22-28(3)44-41(36)54)30-6-9-33(10-7-30)49-18-16-48(17-19-49)26-32-8-11-38(47-46-32)51-15-12-39(52)45-42(51)55/h6-11,22-24,34H,5,12-21,25-26H2,1-4H3,(H,43,53)(H,44,54)(H,45,52,55). The molecule has 14 nitrogen and oxygen atoms in total. The smallest absolute Gasteiger partial charge is 0.329 e. The first kappa shape index (κ1) is 38.7. The van der Waals surface area contributed by atoms with Gasteiger partial charge in [-0.15, -0.1) is 5.10 Å². The number of piperazine rings is 1. The van der Waals surface area contributed by atoms with Crippen molar-refractivity contribution in [3.05, 3.63) is 98.6 Å². The first-order valence-corrected chi connectivity index (χ1v) is 19.6. The molecule has 3 saturated heterocycles. The summed E-state index contributed by atoms with van der Waals surface area (Å²) in [6, 6.07) is 18.2. The summed E-state index contributed by atoms with van der Waals surface area (Å²) in [5.41, 5.74) is 8.50. The number of nitrogens with zero attached hydrogens (tertiary/aromatic N) is 6. The number of carbonyl (C=O) groups is 3. The molecule has 4 aromatic rings. The molecule has 3 fully saturated rings. The Morgan fingerprint density at radius 3 is 2.32 bits per heavy atom. The lowest BCUT2D eigenvalue weighted by Gasteiger charge is -2.37. The van der Waals surface area contributed by atoms with Crippen molar-refractivity contribution in [3.8, 4) is 11.1 Å². The molecule has 294 valence electrons. The van der Waals surface area contributed by atoms with Gasteiger partial charge < -0.3 is 24.8 Å². The maximum absolute atomic E-state index is 13.9. The van der Waals surface area contributed by atoms with Gasteiger partial charge in [0.15, 0.2) is 5.82 Å². The summed E-state index contributed by atoms with van der Waals surface area (Å²) < 4.78 is 5.69. The van der Waals surface area contributed by atoms with E-state index in [1.807, 2.05) is 39.0 Å². The normalized spacial score (nSPS) is 16.9. The molecule has 0 aliphatic carbocycles. The molecule has 0 bridgehead atoms. The quantitative estimate of drug-likeness (QED) is 0.200. The Balaban J connectivity index is 1.05. The number of amides is 4. The second kappa shape index (κ2) is 17.0. The molecule has 0 spiro atoms. The molecule has 3 N–H and O–H groups in total. The summed E-state index contributed by atoms with van der Waals surface area (Å²) in [4.78, 5) is 61.8. The number of ether oxygens (including phenoxy) is 1. The minimum Gasteiger partial charge on any atom is -0.381 e. The van der Waals surface area contributed by atoms with E-state index in [2.05, 4.69) is 77.8 Å². The highest BCUT2D eigenvalue weighted by Crippen LogP contribution is 2.35. The van der Waals surface area contributed by atoms with E-state index in [0.29, 0.717) is 36.1 Å². The third-order valence-corrected chi connectivity index (χ3v) is 11.2. The fraction of sp³-hybridized carbons (Fsp3) is 0.429. The maximum atomic E-state index is 13.9. The average molecular weight is 762 g/mol. The summed E-state index contributed by atoms with van der Waals surface area (Å²) in [5, 5.41) is 14.0. The summed E-state index contributed by atoms with van der Waals surface area (Å²) >= 11 is 0. The first-order chi connectivity index (χ1) is 27.1. The number of benzene rings is 2. The zero-order chi connectivity index (χ0) is 39.3. The van der Waals surface area contributed by atoms with Gasteiger partial charge in [0.05, 0.1) is 5.69 Å². The molecule has 3 aliphatic rings. The second-order valence-electron chi connectivity index (χ2n) is 14.9. The van der Waals surface area contributed by atoms with E-state index in [-0.39, 0.29) is 30.3 Å². The molecule has 2 aromatic heterocycles. The predicted octanol–water partition coefficient (Wildman–Crippen LogP) is 4.46. The number of urea groups is 1. The molecule has 0 atom stereocenters. The van der Waals surface area contributed by atoms with Crippen LogP contribution in [0.1, 0.15) is 64.6 Å². The Morgan fingerprint density at radius 2 is 1.66 bits per heavy atom. The van der Waals surface area contributed by atoms with E-state index in [0.717, 1.165) is 104 Å². The van der Waals surface area contributed by atoms with Gasteiger partial charge in [-0.2, -0.15) is 5.10 Å². The van der Waals surface area contributed by atoms with Crippen molar-refractivity contribution in [1.82, 2.24) is 30.7 Å². The van der Waals surface area contributed by atoms with E-state index < -0.39 is 6.03 Å². The number of carbonyl (C=O) groups excluding carboxylic acids is 3. The van der Waals surface area contributed by atoms with Gasteiger partial charge in [-0.3, -0.25) is 29.5 Å². The van der Waals surface area contributed by atoms with Gasteiger partial charge in [0.2, 0.25) is 5.91 Å². The molecule has 0 radical (unpaired) electrons. The molecular formula is C42H51N9O5. The third kappa shape index (κ3) is 8.61. The number of H-pyrrole nitrogens is 1. The summed E-state index contributed by atoms with van der Waals surface area (Å²) in [5.74, 6) is -0.0603. The minimum atomic E-state index is -0.471. The van der Waals surface area contributed by atoms with Crippen molar-refractivity contribution in [2.45, 2.75) is 66.1 Å². The van der Waals surface area contributed by atoms with Crippen LogP contribution in [0.4, 0.5) is 22.0 Å². The summed E-state index contributed by atoms with van der Waals surface area (Å²) in [6.07, 6.45) is 2.10. The van der Waals surface area contributed by atoms with Gasteiger partial charge in [-0.1, -0.05) is 12.1 Å². The van der Waals surface area contributed by atoms with E-state index in [9.17, 15) is 19.2 Å². The topological polar surface area (TPSA) is 156 Å². The van der Waals surface area contributed by atoms with Crippen LogP contribution in [-0.4, -0.2) is 96.5 Å². The van der Waals surface area contributed by atoms with Gasteiger partial charge in [0.25, 0.3) is 11.5 Å². The number of aromatic nitrogens is 3. The van der Waals surface area contributed by atoms with E-state index in [1.165, 1.54) is 4.90 Å². The van der Waals surface area contributed by atoms with Crippen LogP contribution in [-0.2, 0) is 22.6 Å². The van der Waals surface area contributed by atoms with Crippen LogP contribution in [0.3, 0.4) is 0 Å². The molecule has 0 saturated carbocycles. The van der Waals surface area contributed by atoms with Crippen molar-refractivity contribution >= 4 is 35.0 Å². The van der Waals surface area contributed by atoms with Crippen molar-refractivity contribution in [2.24, 2.45) is 0 Å². The lowest BCUT2D eigenvalue weighted by Crippen LogP contribution is -2.50. The van der Waals surface area contributed by atoms with Gasteiger partial charge in [-0.25, -0.2) is 4.79 Å². The van der Waals surface area contributed by atoms with E-state index in [4.69, 9.17) is 4.74 Å². The first-order valence-electron chi connectivity index (χ1n) is 19.6. The molecule has 0 unspecified atom stereocenters. The number of rotatable bonds is 11. The highest BCUT2D eigenvalue weighted by molar-refractivity contribution is 6.05. The summed E-state index contributed by atoms with van der Waals surface area (Å²) in [6.45, 7) is 14.7. The lowest BCUT2D eigenvalue weighted by atomic mass is 9.95. The number of imide groups is 1. The molecule has 56 heavy (non-hydrogen) atoms. The van der Waals surface area contributed by atoms with Gasteiger partial charge in [0, 0.05) is 106 Å². The number of hydrogen-bond acceptors (Lipinski definition) is 10. The number of hydrogen-bond donors (Lipinski definition) is 3. The fourth-order valence-corrected chi connectivity index (χ4v) is 8.01. The monoisotopic (exact) mass is 761 g/mol. The largest absolute Gasteiger partial charge is 0.381 e. The number of anilines is 3. The molecular weight excluding hydrogens is 711 g/mol. The van der Waals surface area contributed by atoms with Crippen LogP contribution in [0.2, 0.25) is 0 Å². The molecule has 3 aliphatic heterocycles. The van der Waals surface area contributed by atoms with Crippen LogP contribution in [0.5, 0.6) is 0 Å². The van der Waals surface area contributed by atoms with Gasteiger partial charge in [0.1, 0.15) is 0 Å². The van der Waals surface area contributed by atoms with Gasteiger partial charge in [-0.05, 0) is 105 Å². The van der Waals surface area contributed by atoms with Crippen molar-refractivity contribution in [2.75, 3.05) is 67.2 Å². The van der Waals surface area contributed by atoms with Crippen LogP contribution in [0, 0.1) is 20.8 Å². The van der Waals surface area contributed by atoms with Crippen molar-refractivity contribution in [3.63, 3.8) is 0 Å². The molecule has 5 heterocycles. The number of nitrogens with one attached hydrogen (secondary N) is 3. The minimum absolute atomic E-state index is 0.140. The number of aromatic amines is 1. The molecule has 2 aromatic carbocycles. The Kier molecular flexibility index (Phi) is 11.8. The molecule has 7 rings (SSSR count). The second-order valence-corrected chi connectivity index (χ2v) is 14.9. The third-order valence-electron chi connectivity index (χ3n) is 11.2.